The van der Waals surface area contributed by atoms with Crippen LogP contribution in [0.1, 0.15) is 20.3 Å². The van der Waals surface area contributed by atoms with Crippen LogP contribution in [0.3, 0.4) is 0 Å². The van der Waals surface area contributed by atoms with E-state index in [1.807, 2.05) is 20.9 Å². The fourth-order valence-corrected chi connectivity index (χ4v) is 0.897. The molecule has 0 aliphatic heterocycles. The number of hydrogen-bond donors (Lipinski definition) is 2. The van der Waals surface area contributed by atoms with Crippen LogP contribution in [0.15, 0.2) is 24.5 Å². The van der Waals surface area contributed by atoms with Crippen LogP contribution < -0.4 is 10.6 Å². The SMILES string of the molecule is CC.CNCCC(=O)Nc1ccncc1. The van der Waals surface area contributed by atoms with E-state index in [9.17, 15) is 4.79 Å². The third-order valence-electron chi connectivity index (χ3n) is 1.57. The van der Waals surface area contributed by atoms with E-state index in [-0.39, 0.29) is 5.91 Å². The molecule has 0 bridgehead atoms. The Hall–Kier alpha value is -1.42. The molecule has 84 valence electrons. The van der Waals surface area contributed by atoms with Crippen LogP contribution in [0, 0.1) is 0 Å². The number of anilines is 1. The molecule has 0 radical (unpaired) electrons. The van der Waals surface area contributed by atoms with Gasteiger partial charge in [0, 0.05) is 31.0 Å². The van der Waals surface area contributed by atoms with Crippen LogP contribution in [0.2, 0.25) is 0 Å². The standard InChI is InChI=1S/C9H13N3O.C2H6/c1-10-5-4-9(13)12-8-2-6-11-7-3-8;1-2/h2-3,6-7,10H,4-5H2,1H3,(H,11,12,13);1-2H3. The lowest BCUT2D eigenvalue weighted by Crippen LogP contribution is -2.18. The normalized spacial score (nSPS) is 8.73. The number of carbonyl (C=O) groups excluding carboxylic acids is 1. The van der Waals surface area contributed by atoms with E-state index in [2.05, 4.69) is 15.6 Å². The molecule has 0 saturated heterocycles. The average molecular weight is 209 g/mol. The Morgan fingerprint density at radius 1 is 1.33 bits per heavy atom. The molecule has 0 saturated carbocycles. The Balaban J connectivity index is 0.000000921. The highest BCUT2D eigenvalue weighted by atomic mass is 16.1. The summed E-state index contributed by atoms with van der Waals surface area (Å²) in [4.78, 5) is 15.1. The van der Waals surface area contributed by atoms with Crippen molar-refractivity contribution in [3.8, 4) is 0 Å². The van der Waals surface area contributed by atoms with Crippen LogP contribution in [0.4, 0.5) is 5.69 Å². The van der Waals surface area contributed by atoms with E-state index >= 15 is 0 Å². The quantitative estimate of drug-likeness (QED) is 0.793. The fraction of sp³-hybridized carbons (Fsp3) is 0.455. The summed E-state index contributed by atoms with van der Waals surface area (Å²) in [7, 11) is 1.82. The minimum atomic E-state index is 0.0144. The molecular formula is C11H19N3O. The van der Waals surface area contributed by atoms with Crippen molar-refractivity contribution in [3.05, 3.63) is 24.5 Å². The van der Waals surface area contributed by atoms with Gasteiger partial charge in [0.15, 0.2) is 0 Å². The topological polar surface area (TPSA) is 54.0 Å². The minimum Gasteiger partial charge on any atom is -0.326 e. The minimum absolute atomic E-state index is 0.0144. The van der Waals surface area contributed by atoms with Gasteiger partial charge < -0.3 is 10.6 Å². The molecule has 1 heterocycles. The van der Waals surface area contributed by atoms with Crippen molar-refractivity contribution >= 4 is 11.6 Å². The molecule has 2 N–H and O–H groups in total. The van der Waals surface area contributed by atoms with Crippen molar-refractivity contribution in [1.29, 1.82) is 0 Å². The molecule has 1 rings (SSSR count). The molecule has 0 aliphatic carbocycles. The van der Waals surface area contributed by atoms with Gasteiger partial charge in [-0.2, -0.15) is 0 Å². The van der Waals surface area contributed by atoms with E-state index in [1.165, 1.54) is 0 Å². The summed E-state index contributed by atoms with van der Waals surface area (Å²) >= 11 is 0. The molecule has 4 heteroatoms. The average Bonchev–Trinajstić information content (AvgIpc) is 2.30. The number of nitrogens with one attached hydrogen (secondary N) is 2. The van der Waals surface area contributed by atoms with E-state index in [0.717, 1.165) is 5.69 Å². The summed E-state index contributed by atoms with van der Waals surface area (Å²) in [5, 5.41) is 5.67. The highest BCUT2D eigenvalue weighted by molar-refractivity contribution is 5.90. The first kappa shape index (κ1) is 13.6. The molecule has 1 aromatic heterocycles. The van der Waals surface area contributed by atoms with Gasteiger partial charge in [-0.25, -0.2) is 0 Å². The summed E-state index contributed by atoms with van der Waals surface area (Å²) in [6.07, 6.45) is 3.78. The molecule has 0 unspecified atom stereocenters. The molecule has 1 amide bonds. The monoisotopic (exact) mass is 209 g/mol. The van der Waals surface area contributed by atoms with Gasteiger partial charge >= 0.3 is 0 Å². The molecule has 1 aromatic rings. The van der Waals surface area contributed by atoms with Crippen LogP contribution in [0.5, 0.6) is 0 Å². The first-order valence-corrected chi connectivity index (χ1v) is 5.17. The Morgan fingerprint density at radius 3 is 2.47 bits per heavy atom. The van der Waals surface area contributed by atoms with Crippen molar-refractivity contribution in [2.24, 2.45) is 0 Å². The number of nitrogens with zero attached hydrogens (tertiary/aromatic N) is 1. The van der Waals surface area contributed by atoms with E-state index in [0.29, 0.717) is 13.0 Å². The molecule has 0 aromatic carbocycles. The van der Waals surface area contributed by atoms with Gasteiger partial charge in [0.05, 0.1) is 0 Å². The summed E-state index contributed by atoms with van der Waals surface area (Å²) in [6, 6.07) is 3.52. The number of hydrogen-bond acceptors (Lipinski definition) is 3. The van der Waals surface area contributed by atoms with Crippen LogP contribution in [-0.4, -0.2) is 24.5 Å². The van der Waals surface area contributed by atoms with Gasteiger partial charge in [-0.1, -0.05) is 13.8 Å². The zero-order valence-electron chi connectivity index (χ0n) is 9.58. The smallest absolute Gasteiger partial charge is 0.225 e. The number of aromatic nitrogens is 1. The van der Waals surface area contributed by atoms with Crippen LogP contribution in [0.25, 0.3) is 0 Å². The fourth-order valence-electron chi connectivity index (χ4n) is 0.897. The molecule has 4 nitrogen and oxygen atoms in total. The molecule has 0 aliphatic rings. The summed E-state index contributed by atoms with van der Waals surface area (Å²) in [5.74, 6) is 0.0144. The Kier molecular flexibility index (Phi) is 8.28. The lowest BCUT2D eigenvalue weighted by atomic mass is 10.3. The highest BCUT2D eigenvalue weighted by Crippen LogP contribution is 2.02. The zero-order valence-corrected chi connectivity index (χ0v) is 9.58. The highest BCUT2D eigenvalue weighted by Gasteiger charge is 1.99. The second-order valence-corrected chi connectivity index (χ2v) is 2.64. The maximum Gasteiger partial charge on any atom is 0.225 e. The molecule has 0 fully saturated rings. The largest absolute Gasteiger partial charge is 0.326 e. The molecule has 0 atom stereocenters. The predicted molar refractivity (Wildman–Crippen MR) is 62.8 cm³/mol. The molecular weight excluding hydrogens is 190 g/mol. The van der Waals surface area contributed by atoms with Crippen molar-refractivity contribution in [2.75, 3.05) is 18.9 Å². The van der Waals surface area contributed by atoms with Crippen molar-refractivity contribution in [3.63, 3.8) is 0 Å². The maximum absolute atomic E-state index is 11.2. The third kappa shape index (κ3) is 6.62. The van der Waals surface area contributed by atoms with Gasteiger partial charge in [-0.05, 0) is 19.2 Å². The van der Waals surface area contributed by atoms with Crippen molar-refractivity contribution in [1.82, 2.24) is 10.3 Å². The lowest BCUT2D eigenvalue weighted by Gasteiger charge is -2.03. The Bertz CT molecular complexity index is 262. The van der Waals surface area contributed by atoms with Gasteiger partial charge in [0.1, 0.15) is 0 Å². The number of amides is 1. The van der Waals surface area contributed by atoms with Gasteiger partial charge in [-0.15, -0.1) is 0 Å². The lowest BCUT2D eigenvalue weighted by molar-refractivity contribution is -0.116. The second kappa shape index (κ2) is 9.15. The second-order valence-electron chi connectivity index (χ2n) is 2.64. The Labute approximate surface area is 91.1 Å². The van der Waals surface area contributed by atoms with E-state index < -0.39 is 0 Å². The van der Waals surface area contributed by atoms with E-state index in [4.69, 9.17) is 0 Å². The number of carbonyl (C=O) groups is 1. The zero-order chi connectivity index (χ0) is 11.5. The van der Waals surface area contributed by atoms with Gasteiger partial charge in [-0.3, -0.25) is 9.78 Å². The molecule has 0 spiro atoms. The Morgan fingerprint density at radius 2 is 1.93 bits per heavy atom. The first-order valence-electron chi connectivity index (χ1n) is 5.17. The summed E-state index contributed by atoms with van der Waals surface area (Å²) in [6.45, 7) is 4.69. The maximum atomic E-state index is 11.2. The van der Waals surface area contributed by atoms with E-state index in [1.54, 1.807) is 24.5 Å². The molecule has 15 heavy (non-hydrogen) atoms. The van der Waals surface area contributed by atoms with Crippen LogP contribution in [-0.2, 0) is 4.79 Å². The third-order valence-corrected chi connectivity index (χ3v) is 1.57. The predicted octanol–water partition coefficient (Wildman–Crippen LogP) is 1.66. The van der Waals surface area contributed by atoms with Gasteiger partial charge in [0.2, 0.25) is 5.91 Å². The summed E-state index contributed by atoms with van der Waals surface area (Å²) in [5.41, 5.74) is 0.788. The van der Waals surface area contributed by atoms with Crippen molar-refractivity contribution < 1.29 is 4.79 Å². The van der Waals surface area contributed by atoms with Crippen molar-refractivity contribution in [2.45, 2.75) is 20.3 Å². The number of pyridine rings is 1. The van der Waals surface area contributed by atoms with Gasteiger partial charge in [0.25, 0.3) is 0 Å². The first-order chi connectivity index (χ1) is 7.33. The van der Waals surface area contributed by atoms with Crippen LogP contribution >= 0.6 is 0 Å². The number of rotatable bonds is 4. The summed E-state index contributed by atoms with van der Waals surface area (Å²) < 4.78 is 0.